The lowest BCUT2D eigenvalue weighted by Gasteiger charge is -2.13. The summed E-state index contributed by atoms with van der Waals surface area (Å²) in [5, 5.41) is 0. The van der Waals surface area contributed by atoms with Crippen molar-refractivity contribution in [3.8, 4) is 0 Å². The number of nitrogens with one attached hydrogen (secondary N) is 2. The Labute approximate surface area is 188 Å². The van der Waals surface area contributed by atoms with Crippen molar-refractivity contribution < 1.29 is 4.48 Å². The average molecular weight is 426 g/mol. The van der Waals surface area contributed by atoms with Crippen LogP contribution in [-0.2, 0) is 6.42 Å². The zero-order chi connectivity index (χ0) is 24.8. The zero-order valence-electron chi connectivity index (χ0n) is 21.7. The summed E-state index contributed by atoms with van der Waals surface area (Å²) in [4.78, 5) is 7.34. The van der Waals surface area contributed by atoms with E-state index in [-0.39, 0.29) is 0 Å². The van der Waals surface area contributed by atoms with E-state index >= 15 is 0 Å². The molecule has 0 aliphatic heterocycles. The summed E-state index contributed by atoms with van der Waals surface area (Å²) >= 11 is 0. The van der Waals surface area contributed by atoms with Gasteiger partial charge in [-0.1, -0.05) is 67.5 Å². The highest BCUT2D eigenvalue weighted by atomic mass is 19.2. The number of halogens is 1. The van der Waals surface area contributed by atoms with E-state index in [0.717, 1.165) is 18.7 Å². The van der Waals surface area contributed by atoms with Crippen molar-refractivity contribution >= 4 is 12.0 Å². The Balaban J connectivity index is -0.000000102. The molecular formula is C26H52FN3. The molecule has 0 spiro atoms. The standard InChI is InChI=1S/C10H14N2.C7H16FN.C3H6.2C2H6.C2H4/c1-3-5-7-11-10-9(4-2)6-8-12-10;1-6(2)7(3)4-5-9-8;1-3-2;3*1-2/h3,5-8,12H,4H2,1-2H3;6-7,9H,4-5H2,1-3H3;3H,1H2,2H3;2*1-2H3;1-2H2/b5-3-,11-7-;;;;;. The Morgan fingerprint density at radius 1 is 1.13 bits per heavy atom. The first-order chi connectivity index (χ1) is 14.5. The van der Waals surface area contributed by atoms with Crippen molar-refractivity contribution in [1.82, 2.24) is 10.5 Å². The number of allylic oxidation sites excluding steroid dienone is 3. The maximum Gasteiger partial charge on any atom is 0.133 e. The van der Waals surface area contributed by atoms with Crippen LogP contribution >= 0.6 is 0 Å². The number of aromatic amines is 1. The number of aryl methyl sites for hydroxylation is 1. The SMILES string of the molecule is C/C=C\C=N/c1[nH]ccc1CC.C=C.C=CC.CC.CC.CC(C)C(C)CCNF. The molecule has 2 N–H and O–H groups in total. The Hall–Kier alpha value is -1.94. The second kappa shape index (κ2) is 37.8. The van der Waals surface area contributed by atoms with E-state index in [1.807, 2.05) is 59.9 Å². The molecule has 0 radical (unpaired) electrons. The molecule has 0 bridgehead atoms. The van der Waals surface area contributed by atoms with Gasteiger partial charge in [-0.05, 0) is 56.2 Å². The molecule has 1 rings (SSSR count). The van der Waals surface area contributed by atoms with Crippen molar-refractivity contribution in [1.29, 1.82) is 0 Å². The van der Waals surface area contributed by atoms with Crippen molar-refractivity contribution in [3.63, 3.8) is 0 Å². The number of aromatic nitrogens is 1. The minimum Gasteiger partial charge on any atom is -0.346 e. The molecule has 0 aliphatic rings. The lowest BCUT2D eigenvalue weighted by Crippen LogP contribution is -2.11. The minimum absolute atomic E-state index is 0.485. The molecule has 0 saturated carbocycles. The third-order valence-corrected chi connectivity index (χ3v) is 3.50. The lowest BCUT2D eigenvalue weighted by molar-refractivity contribution is 0.293. The van der Waals surface area contributed by atoms with Gasteiger partial charge >= 0.3 is 0 Å². The van der Waals surface area contributed by atoms with Crippen molar-refractivity contribution in [2.24, 2.45) is 16.8 Å². The Morgan fingerprint density at radius 2 is 1.63 bits per heavy atom. The van der Waals surface area contributed by atoms with Crippen molar-refractivity contribution in [2.75, 3.05) is 6.54 Å². The summed E-state index contributed by atoms with van der Waals surface area (Å²) in [5.74, 6) is 2.25. The van der Waals surface area contributed by atoms with Gasteiger partial charge in [0.05, 0.1) is 0 Å². The zero-order valence-corrected chi connectivity index (χ0v) is 21.7. The third-order valence-electron chi connectivity index (χ3n) is 3.50. The molecule has 0 saturated heterocycles. The molecule has 0 fully saturated rings. The Kier molecular flexibility index (Phi) is 48.6. The maximum absolute atomic E-state index is 11.4. The number of H-pyrrole nitrogens is 1. The number of aliphatic imine (C=N–C) groups is 1. The van der Waals surface area contributed by atoms with Crippen LogP contribution in [0.4, 0.5) is 10.3 Å². The van der Waals surface area contributed by atoms with Crippen LogP contribution in [0.5, 0.6) is 0 Å². The minimum atomic E-state index is 0.485. The van der Waals surface area contributed by atoms with E-state index < -0.39 is 0 Å². The number of nitrogens with zero attached hydrogens (tertiary/aromatic N) is 1. The molecule has 1 aromatic rings. The quantitative estimate of drug-likeness (QED) is 0.255. The number of hydrogen-bond donors (Lipinski definition) is 2. The average Bonchev–Trinajstić information content (AvgIpc) is 3.25. The molecule has 1 aromatic heterocycles. The van der Waals surface area contributed by atoms with E-state index in [1.165, 1.54) is 5.56 Å². The Morgan fingerprint density at radius 3 is 2.00 bits per heavy atom. The predicted molar refractivity (Wildman–Crippen MR) is 141 cm³/mol. The fraction of sp³-hybridized carbons (Fsp3) is 0.577. The highest BCUT2D eigenvalue weighted by Gasteiger charge is 2.05. The summed E-state index contributed by atoms with van der Waals surface area (Å²) in [6, 6.07) is 2.06. The highest BCUT2D eigenvalue weighted by molar-refractivity contribution is 5.74. The fourth-order valence-corrected chi connectivity index (χ4v) is 1.62. The topological polar surface area (TPSA) is 40.2 Å². The van der Waals surface area contributed by atoms with Gasteiger partial charge in [0.15, 0.2) is 0 Å². The van der Waals surface area contributed by atoms with Crippen molar-refractivity contribution in [3.05, 3.63) is 55.8 Å². The van der Waals surface area contributed by atoms with Crippen LogP contribution in [0.25, 0.3) is 0 Å². The first-order valence-electron chi connectivity index (χ1n) is 11.2. The summed E-state index contributed by atoms with van der Waals surface area (Å²) < 4.78 is 11.4. The molecule has 4 heteroatoms. The largest absolute Gasteiger partial charge is 0.346 e. The normalized spacial score (nSPS) is 10.0. The molecule has 30 heavy (non-hydrogen) atoms. The molecule has 1 atom stereocenters. The van der Waals surface area contributed by atoms with Gasteiger partial charge in [0.2, 0.25) is 0 Å². The van der Waals surface area contributed by atoms with E-state index in [0.29, 0.717) is 18.4 Å². The first kappa shape index (κ1) is 38.6. The van der Waals surface area contributed by atoms with Crippen LogP contribution in [0, 0.1) is 11.8 Å². The molecule has 178 valence electrons. The summed E-state index contributed by atoms with van der Waals surface area (Å²) in [5.41, 5.74) is 2.91. The summed E-state index contributed by atoms with van der Waals surface area (Å²) in [7, 11) is 0. The van der Waals surface area contributed by atoms with Gasteiger partial charge < -0.3 is 4.98 Å². The Bertz CT molecular complexity index is 463. The van der Waals surface area contributed by atoms with Crippen LogP contribution in [0.1, 0.15) is 81.2 Å². The maximum atomic E-state index is 11.4. The van der Waals surface area contributed by atoms with Gasteiger partial charge in [-0.15, -0.1) is 24.2 Å². The third kappa shape index (κ3) is 30.8. The van der Waals surface area contributed by atoms with Crippen LogP contribution in [0.2, 0.25) is 0 Å². The second-order valence-corrected chi connectivity index (χ2v) is 5.81. The second-order valence-electron chi connectivity index (χ2n) is 5.81. The van der Waals surface area contributed by atoms with Gasteiger partial charge in [-0.2, -0.15) is 5.54 Å². The molecule has 1 unspecified atom stereocenters. The summed E-state index contributed by atoms with van der Waals surface area (Å²) in [6.07, 6.45) is 11.3. The van der Waals surface area contributed by atoms with Gasteiger partial charge in [0.1, 0.15) is 5.82 Å². The first-order valence-corrected chi connectivity index (χ1v) is 11.2. The molecule has 0 aromatic carbocycles. The van der Waals surface area contributed by atoms with Gasteiger partial charge in [-0.25, -0.2) is 4.99 Å². The smallest absolute Gasteiger partial charge is 0.133 e. The molecular weight excluding hydrogens is 373 g/mol. The number of hydrogen-bond acceptors (Lipinski definition) is 2. The molecule has 3 nitrogen and oxygen atoms in total. The van der Waals surface area contributed by atoms with Gasteiger partial charge in [-0.3, -0.25) is 0 Å². The van der Waals surface area contributed by atoms with Crippen LogP contribution in [0.15, 0.2) is 55.2 Å². The molecule has 0 aliphatic carbocycles. The van der Waals surface area contributed by atoms with E-state index in [9.17, 15) is 4.48 Å². The van der Waals surface area contributed by atoms with E-state index in [4.69, 9.17) is 0 Å². The van der Waals surface area contributed by atoms with Gasteiger partial charge in [0, 0.05) is 19.0 Å². The van der Waals surface area contributed by atoms with E-state index in [2.05, 4.69) is 63.5 Å². The summed E-state index contributed by atoms with van der Waals surface area (Å²) in [6.45, 7) is 30.3. The molecule has 1 heterocycles. The van der Waals surface area contributed by atoms with Crippen molar-refractivity contribution in [2.45, 2.75) is 82.1 Å². The predicted octanol–water partition coefficient (Wildman–Crippen LogP) is 9.05. The highest BCUT2D eigenvalue weighted by Crippen LogP contribution is 2.15. The lowest BCUT2D eigenvalue weighted by atomic mass is 9.95. The fourth-order valence-electron chi connectivity index (χ4n) is 1.62. The van der Waals surface area contributed by atoms with Crippen LogP contribution < -0.4 is 5.54 Å². The monoisotopic (exact) mass is 425 g/mol. The molecule has 0 amide bonds. The van der Waals surface area contributed by atoms with Crippen LogP contribution in [-0.4, -0.2) is 17.7 Å². The van der Waals surface area contributed by atoms with E-state index in [1.54, 1.807) is 17.8 Å². The van der Waals surface area contributed by atoms with Crippen LogP contribution in [0.3, 0.4) is 0 Å². The number of rotatable bonds is 7. The van der Waals surface area contributed by atoms with Gasteiger partial charge in [0.25, 0.3) is 0 Å².